The van der Waals surface area contributed by atoms with E-state index in [1.165, 1.54) is 18.2 Å². The van der Waals surface area contributed by atoms with E-state index < -0.39 is 5.97 Å². The molecule has 128 valence electrons. The first kappa shape index (κ1) is 16.1. The second-order valence-corrected chi connectivity index (χ2v) is 6.12. The maximum Gasteiger partial charge on any atom is 0.336 e. The number of H-pyrrole nitrogens is 1. The van der Waals surface area contributed by atoms with E-state index in [-0.39, 0.29) is 22.7 Å². The molecule has 0 atom stereocenters. The van der Waals surface area contributed by atoms with E-state index >= 15 is 0 Å². The lowest BCUT2D eigenvalue weighted by molar-refractivity contribution is 0.0699. The minimum atomic E-state index is -1.11. The third-order valence-electron chi connectivity index (χ3n) is 4.05. The van der Waals surface area contributed by atoms with Gasteiger partial charge in [0.15, 0.2) is 5.65 Å². The molecule has 2 heterocycles. The molecule has 0 saturated heterocycles. The van der Waals surface area contributed by atoms with Crippen molar-refractivity contribution in [2.24, 2.45) is 0 Å². The highest BCUT2D eigenvalue weighted by Crippen LogP contribution is 2.35. The lowest BCUT2D eigenvalue weighted by Gasteiger charge is -2.07. The van der Waals surface area contributed by atoms with Crippen LogP contribution in [0.2, 0.25) is 5.02 Å². The van der Waals surface area contributed by atoms with E-state index in [4.69, 9.17) is 11.6 Å². The maximum atomic E-state index is 11.9. The molecule has 0 aliphatic carbocycles. The standard InChI is InChI=1S/C19H12ClN3O3/c20-11-6-7-15(24)12(8-11)14-9-13(19(25)26)16-17(22-23-18(16)21-14)10-4-2-1-3-5-10/h1-9,24H,(H,25,26)(H,21,22,23). The van der Waals surface area contributed by atoms with Crippen molar-refractivity contribution in [3.63, 3.8) is 0 Å². The Morgan fingerprint density at radius 1 is 1.08 bits per heavy atom. The van der Waals surface area contributed by atoms with Crippen LogP contribution in [0.5, 0.6) is 5.75 Å². The number of aromatic hydroxyl groups is 1. The summed E-state index contributed by atoms with van der Waals surface area (Å²) in [6.07, 6.45) is 0. The SMILES string of the molecule is O=C(O)c1cc(-c2cc(Cl)ccc2O)nc2n[nH]c(-c3ccccc3)c12. The summed E-state index contributed by atoms with van der Waals surface area (Å²) in [5.74, 6) is -1.16. The van der Waals surface area contributed by atoms with Crippen LogP contribution in [0.25, 0.3) is 33.5 Å². The molecule has 0 spiro atoms. The third kappa shape index (κ3) is 2.66. The number of rotatable bonds is 3. The zero-order valence-electron chi connectivity index (χ0n) is 13.3. The van der Waals surface area contributed by atoms with Gasteiger partial charge in [0.2, 0.25) is 0 Å². The van der Waals surface area contributed by atoms with Crippen LogP contribution in [-0.4, -0.2) is 31.4 Å². The number of fused-ring (bicyclic) bond motifs is 1. The summed E-state index contributed by atoms with van der Waals surface area (Å²) < 4.78 is 0. The Bertz CT molecular complexity index is 1140. The van der Waals surface area contributed by atoms with Gasteiger partial charge in [0.25, 0.3) is 0 Å². The Kier molecular flexibility index (Phi) is 3.82. The number of pyridine rings is 1. The molecule has 2 aromatic carbocycles. The molecular formula is C19H12ClN3O3. The molecule has 2 aromatic heterocycles. The van der Waals surface area contributed by atoms with Crippen molar-refractivity contribution >= 4 is 28.6 Å². The van der Waals surface area contributed by atoms with Gasteiger partial charge < -0.3 is 10.2 Å². The number of hydrogen-bond acceptors (Lipinski definition) is 4. The summed E-state index contributed by atoms with van der Waals surface area (Å²) in [4.78, 5) is 16.3. The monoisotopic (exact) mass is 365 g/mol. The highest BCUT2D eigenvalue weighted by Gasteiger charge is 2.20. The molecule has 0 unspecified atom stereocenters. The van der Waals surface area contributed by atoms with E-state index in [0.717, 1.165) is 5.56 Å². The minimum Gasteiger partial charge on any atom is -0.507 e. The van der Waals surface area contributed by atoms with E-state index in [9.17, 15) is 15.0 Å². The molecule has 26 heavy (non-hydrogen) atoms. The summed E-state index contributed by atoms with van der Waals surface area (Å²) in [5, 5.41) is 27.7. The number of nitrogens with zero attached hydrogens (tertiary/aromatic N) is 2. The smallest absolute Gasteiger partial charge is 0.336 e. The molecule has 0 radical (unpaired) electrons. The molecular weight excluding hydrogens is 354 g/mol. The number of benzene rings is 2. The van der Waals surface area contributed by atoms with Gasteiger partial charge >= 0.3 is 5.97 Å². The summed E-state index contributed by atoms with van der Waals surface area (Å²) in [7, 11) is 0. The normalized spacial score (nSPS) is 11.0. The van der Waals surface area contributed by atoms with E-state index in [0.29, 0.717) is 21.7 Å². The van der Waals surface area contributed by atoms with Crippen LogP contribution in [0.4, 0.5) is 0 Å². The Morgan fingerprint density at radius 2 is 1.85 bits per heavy atom. The first-order valence-corrected chi connectivity index (χ1v) is 8.09. The van der Waals surface area contributed by atoms with Crippen molar-refractivity contribution in [3.05, 3.63) is 65.2 Å². The Balaban J connectivity index is 2.00. The quantitative estimate of drug-likeness (QED) is 0.501. The molecule has 0 aliphatic heterocycles. The topological polar surface area (TPSA) is 99.1 Å². The van der Waals surface area contributed by atoms with Crippen molar-refractivity contribution in [3.8, 4) is 28.3 Å². The minimum absolute atomic E-state index is 0.0389. The Hall–Kier alpha value is -3.38. The van der Waals surface area contributed by atoms with Crippen molar-refractivity contribution in [2.75, 3.05) is 0 Å². The van der Waals surface area contributed by atoms with Crippen LogP contribution in [0, 0.1) is 0 Å². The highest BCUT2D eigenvalue weighted by atomic mass is 35.5. The first-order valence-electron chi connectivity index (χ1n) is 7.71. The fourth-order valence-electron chi connectivity index (χ4n) is 2.86. The number of phenolic OH excluding ortho intramolecular Hbond substituents is 1. The van der Waals surface area contributed by atoms with Gasteiger partial charge in [-0.15, -0.1) is 0 Å². The van der Waals surface area contributed by atoms with Gasteiger partial charge in [0.1, 0.15) is 5.75 Å². The van der Waals surface area contributed by atoms with E-state index in [2.05, 4.69) is 15.2 Å². The van der Waals surface area contributed by atoms with Crippen LogP contribution < -0.4 is 0 Å². The van der Waals surface area contributed by atoms with Crippen LogP contribution in [0.1, 0.15) is 10.4 Å². The predicted octanol–water partition coefficient (Wildman–Crippen LogP) is 4.35. The van der Waals surface area contributed by atoms with Gasteiger partial charge in [-0.3, -0.25) is 5.10 Å². The van der Waals surface area contributed by atoms with Crippen LogP contribution in [-0.2, 0) is 0 Å². The molecule has 0 saturated carbocycles. The van der Waals surface area contributed by atoms with Crippen LogP contribution >= 0.6 is 11.6 Å². The van der Waals surface area contributed by atoms with Crippen molar-refractivity contribution in [2.45, 2.75) is 0 Å². The van der Waals surface area contributed by atoms with Gasteiger partial charge in [-0.25, -0.2) is 9.78 Å². The number of carboxylic acids is 1. The largest absolute Gasteiger partial charge is 0.507 e. The van der Waals surface area contributed by atoms with Crippen LogP contribution in [0.15, 0.2) is 54.6 Å². The number of carbonyl (C=O) groups is 1. The lowest BCUT2D eigenvalue weighted by atomic mass is 10.0. The van der Waals surface area contributed by atoms with Gasteiger partial charge in [-0.2, -0.15) is 5.10 Å². The molecule has 0 amide bonds. The Morgan fingerprint density at radius 3 is 2.58 bits per heavy atom. The molecule has 0 bridgehead atoms. The number of aromatic amines is 1. The van der Waals surface area contributed by atoms with Crippen LogP contribution in [0.3, 0.4) is 0 Å². The van der Waals surface area contributed by atoms with Gasteiger partial charge in [0, 0.05) is 16.1 Å². The second-order valence-electron chi connectivity index (χ2n) is 5.68. The molecule has 4 rings (SSSR count). The molecule has 3 N–H and O–H groups in total. The molecule has 0 fully saturated rings. The summed E-state index contributed by atoms with van der Waals surface area (Å²) >= 11 is 5.99. The number of phenols is 1. The number of carboxylic acid groups (broad SMARTS) is 1. The highest BCUT2D eigenvalue weighted by molar-refractivity contribution is 6.31. The number of nitrogens with one attached hydrogen (secondary N) is 1. The van der Waals surface area contributed by atoms with Gasteiger partial charge in [0.05, 0.1) is 22.3 Å². The summed E-state index contributed by atoms with van der Waals surface area (Å²) in [6.45, 7) is 0. The number of hydrogen-bond donors (Lipinski definition) is 3. The van der Waals surface area contributed by atoms with Crippen molar-refractivity contribution in [1.29, 1.82) is 0 Å². The van der Waals surface area contributed by atoms with E-state index in [1.807, 2.05) is 30.3 Å². The third-order valence-corrected chi connectivity index (χ3v) is 4.29. The maximum absolute atomic E-state index is 11.9. The predicted molar refractivity (Wildman–Crippen MR) is 98.4 cm³/mol. The zero-order chi connectivity index (χ0) is 18.3. The van der Waals surface area contributed by atoms with Crippen molar-refractivity contribution in [1.82, 2.24) is 15.2 Å². The van der Waals surface area contributed by atoms with E-state index in [1.54, 1.807) is 6.07 Å². The molecule has 6 nitrogen and oxygen atoms in total. The zero-order valence-corrected chi connectivity index (χ0v) is 14.0. The average molecular weight is 366 g/mol. The molecule has 4 aromatic rings. The number of halogens is 1. The molecule has 0 aliphatic rings. The summed E-state index contributed by atoms with van der Waals surface area (Å²) in [6, 6.07) is 15.2. The number of aromatic carboxylic acids is 1. The first-order chi connectivity index (χ1) is 12.5. The fourth-order valence-corrected chi connectivity index (χ4v) is 3.03. The van der Waals surface area contributed by atoms with Gasteiger partial charge in [-0.05, 0) is 24.3 Å². The molecule has 7 heteroatoms. The average Bonchev–Trinajstić information content (AvgIpc) is 3.07. The second kappa shape index (κ2) is 6.16. The summed E-state index contributed by atoms with van der Waals surface area (Å²) in [5.41, 5.74) is 2.28. The number of aromatic nitrogens is 3. The van der Waals surface area contributed by atoms with Crippen molar-refractivity contribution < 1.29 is 15.0 Å². The lowest BCUT2D eigenvalue weighted by Crippen LogP contribution is -2.00. The fraction of sp³-hybridized carbons (Fsp3) is 0. The van der Waals surface area contributed by atoms with Gasteiger partial charge in [-0.1, -0.05) is 41.9 Å². The Labute approximate surface area is 152 Å².